The number of hydrogen-bond donors (Lipinski definition) is 1. The summed E-state index contributed by atoms with van der Waals surface area (Å²) in [4.78, 5) is 14.8. The van der Waals surface area contributed by atoms with E-state index in [9.17, 15) is 4.79 Å². The first-order valence-corrected chi connectivity index (χ1v) is 7.22. The SMILES string of the molecule is CN1[C@@H]2CC[C@H]1[C@H](NC(=O)c1ccc3occc3c1)C2. The third-order valence-electron chi connectivity index (χ3n) is 4.92. The lowest BCUT2D eigenvalue weighted by atomic mass is 9.95. The number of amides is 1. The lowest BCUT2D eigenvalue weighted by molar-refractivity contribution is 0.0927. The second kappa shape index (κ2) is 4.35. The number of hydrogen-bond acceptors (Lipinski definition) is 3. The Kier molecular flexibility index (Phi) is 2.60. The molecule has 3 heterocycles. The first-order chi connectivity index (χ1) is 9.72. The number of nitrogens with one attached hydrogen (secondary N) is 1. The third-order valence-corrected chi connectivity index (χ3v) is 4.92. The van der Waals surface area contributed by atoms with Crippen LogP contribution in [0.1, 0.15) is 29.6 Å². The van der Waals surface area contributed by atoms with E-state index in [1.54, 1.807) is 6.26 Å². The Labute approximate surface area is 117 Å². The molecule has 3 atom stereocenters. The maximum absolute atomic E-state index is 12.4. The summed E-state index contributed by atoms with van der Waals surface area (Å²) in [6, 6.07) is 8.94. The average molecular weight is 270 g/mol. The summed E-state index contributed by atoms with van der Waals surface area (Å²) in [7, 11) is 2.17. The molecule has 2 aliphatic rings. The van der Waals surface area contributed by atoms with E-state index in [2.05, 4.69) is 17.3 Å². The Hall–Kier alpha value is -1.81. The van der Waals surface area contributed by atoms with Crippen LogP contribution in [0.3, 0.4) is 0 Å². The van der Waals surface area contributed by atoms with Crippen LogP contribution in [0.5, 0.6) is 0 Å². The summed E-state index contributed by atoms with van der Waals surface area (Å²) >= 11 is 0. The predicted molar refractivity (Wildman–Crippen MR) is 76.7 cm³/mol. The van der Waals surface area contributed by atoms with Gasteiger partial charge in [-0.25, -0.2) is 0 Å². The van der Waals surface area contributed by atoms with Crippen LogP contribution in [0.4, 0.5) is 0 Å². The van der Waals surface area contributed by atoms with Gasteiger partial charge in [-0.15, -0.1) is 0 Å². The van der Waals surface area contributed by atoms with Gasteiger partial charge in [0.05, 0.1) is 6.26 Å². The van der Waals surface area contributed by atoms with Crippen molar-refractivity contribution in [3.63, 3.8) is 0 Å². The van der Waals surface area contributed by atoms with Crippen LogP contribution in [0.15, 0.2) is 34.9 Å². The van der Waals surface area contributed by atoms with Crippen LogP contribution in [0.2, 0.25) is 0 Å². The maximum Gasteiger partial charge on any atom is 0.251 e. The van der Waals surface area contributed by atoms with Crippen LogP contribution >= 0.6 is 0 Å². The second-order valence-electron chi connectivity index (χ2n) is 5.95. The van der Waals surface area contributed by atoms with Gasteiger partial charge in [-0.3, -0.25) is 9.69 Å². The Morgan fingerprint density at radius 3 is 3.00 bits per heavy atom. The van der Waals surface area contributed by atoms with E-state index in [-0.39, 0.29) is 5.91 Å². The lowest BCUT2D eigenvalue weighted by Crippen LogP contribution is -2.43. The molecule has 0 spiro atoms. The summed E-state index contributed by atoms with van der Waals surface area (Å²) in [5, 5.41) is 4.18. The summed E-state index contributed by atoms with van der Waals surface area (Å²) < 4.78 is 5.30. The molecule has 20 heavy (non-hydrogen) atoms. The molecule has 1 aromatic heterocycles. The molecule has 104 valence electrons. The van der Waals surface area contributed by atoms with Gasteiger partial charge in [0.1, 0.15) is 5.58 Å². The molecule has 2 aliphatic heterocycles. The highest BCUT2D eigenvalue weighted by Gasteiger charge is 2.44. The van der Waals surface area contributed by atoms with Crippen molar-refractivity contribution in [2.75, 3.05) is 7.05 Å². The molecular weight excluding hydrogens is 252 g/mol. The Balaban J connectivity index is 1.53. The minimum absolute atomic E-state index is 0.0269. The maximum atomic E-state index is 12.4. The molecule has 1 aromatic carbocycles. The van der Waals surface area contributed by atoms with Gasteiger partial charge in [-0.05, 0) is 50.6 Å². The van der Waals surface area contributed by atoms with Crippen molar-refractivity contribution in [2.45, 2.75) is 37.4 Å². The van der Waals surface area contributed by atoms with Crippen LogP contribution in [0, 0.1) is 0 Å². The van der Waals surface area contributed by atoms with E-state index in [0.717, 1.165) is 17.4 Å². The predicted octanol–water partition coefficient (Wildman–Crippen LogP) is 2.40. The molecule has 4 rings (SSSR count). The quantitative estimate of drug-likeness (QED) is 0.911. The normalized spacial score (nSPS) is 29.1. The molecule has 0 aliphatic carbocycles. The monoisotopic (exact) mass is 270 g/mol. The Bertz CT molecular complexity index is 663. The first kappa shape index (κ1) is 12.0. The largest absolute Gasteiger partial charge is 0.464 e. The van der Waals surface area contributed by atoms with Gasteiger partial charge < -0.3 is 9.73 Å². The fraction of sp³-hybridized carbons (Fsp3) is 0.438. The van der Waals surface area contributed by atoms with E-state index in [0.29, 0.717) is 23.7 Å². The number of benzene rings is 1. The molecule has 4 nitrogen and oxygen atoms in total. The summed E-state index contributed by atoms with van der Waals surface area (Å²) in [6.07, 6.45) is 5.21. The molecule has 4 heteroatoms. The number of rotatable bonds is 2. The zero-order valence-electron chi connectivity index (χ0n) is 11.5. The van der Waals surface area contributed by atoms with Crippen molar-refractivity contribution in [1.82, 2.24) is 10.2 Å². The summed E-state index contributed by atoms with van der Waals surface area (Å²) in [5.74, 6) is 0.0269. The minimum Gasteiger partial charge on any atom is -0.464 e. The fourth-order valence-electron chi connectivity index (χ4n) is 3.78. The number of likely N-dealkylation sites (N-methyl/N-ethyl adjacent to an activating group) is 1. The van der Waals surface area contributed by atoms with E-state index < -0.39 is 0 Å². The number of carbonyl (C=O) groups is 1. The van der Waals surface area contributed by atoms with Crippen LogP contribution in [-0.4, -0.2) is 36.0 Å². The van der Waals surface area contributed by atoms with Crippen LogP contribution in [-0.2, 0) is 0 Å². The molecule has 0 radical (unpaired) electrons. The third kappa shape index (κ3) is 1.75. The van der Waals surface area contributed by atoms with Gasteiger partial charge in [0.25, 0.3) is 5.91 Å². The zero-order chi connectivity index (χ0) is 13.7. The highest BCUT2D eigenvalue weighted by molar-refractivity contribution is 5.97. The molecule has 2 saturated heterocycles. The highest BCUT2D eigenvalue weighted by Crippen LogP contribution is 2.36. The number of nitrogens with zero attached hydrogens (tertiary/aromatic N) is 1. The van der Waals surface area contributed by atoms with Gasteiger partial charge in [0.2, 0.25) is 0 Å². The molecule has 0 unspecified atom stereocenters. The van der Waals surface area contributed by atoms with Gasteiger partial charge >= 0.3 is 0 Å². The van der Waals surface area contributed by atoms with Gasteiger partial charge in [0, 0.05) is 29.1 Å². The molecular formula is C16H18N2O2. The number of fused-ring (bicyclic) bond motifs is 3. The standard InChI is InChI=1S/C16H18N2O2/c1-18-12-3-4-14(18)13(9-12)17-16(19)11-2-5-15-10(8-11)6-7-20-15/h2,5-8,12-14H,3-4,9H2,1H3,(H,17,19)/t12-,13-,14+/m1/s1. The second-order valence-corrected chi connectivity index (χ2v) is 5.95. The lowest BCUT2D eigenvalue weighted by Gasteiger charge is -2.22. The molecule has 2 fully saturated rings. The molecule has 1 N–H and O–H groups in total. The van der Waals surface area contributed by atoms with Crippen molar-refractivity contribution in [3.05, 3.63) is 36.1 Å². The van der Waals surface area contributed by atoms with Crippen molar-refractivity contribution in [1.29, 1.82) is 0 Å². The van der Waals surface area contributed by atoms with Crippen molar-refractivity contribution in [2.24, 2.45) is 0 Å². The molecule has 2 aromatic rings. The van der Waals surface area contributed by atoms with Gasteiger partial charge in [0.15, 0.2) is 0 Å². The van der Waals surface area contributed by atoms with Crippen LogP contribution < -0.4 is 5.32 Å². The summed E-state index contributed by atoms with van der Waals surface area (Å²) in [6.45, 7) is 0. The van der Waals surface area contributed by atoms with E-state index >= 15 is 0 Å². The van der Waals surface area contributed by atoms with E-state index in [1.807, 2.05) is 24.3 Å². The molecule has 1 amide bonds. The van der Waals surface area contributed by atoms with Crippen molar-refractivity contribution < 1.29 is 9.21 Å². The smallest absolute Gasteiger partial charge is 0.251 e. The molecule has 2 bridgehead atoms. The Morgan fingerprint density at radius 2 is 2.25 bits per heavy atom. The number of carbonyl (C=O) groups excluding carboxylic acids is 1. The van der Waals surface area contributed by atoms with E-state index in [1.165, 1.54) is 12.8 Å². The van der Waals surface area contributed by atoms with Crippen LogP contribution in [0.25, 0.3) is 11.0 Å². The average Bonchev–Trinajstić information content (AvgIpc) is 3.13. The summed E-state index contributed by atoms with van der Waals surface area (Å²) in [5.41, 5.74) is 1.53. The topological polar surface area (TPSA) is 45.5 Å². The van der Waals surface area contributed by atoms with Gasteiger partial charge in [-0.1, -0.05) is 0 Å². The van der Waals surface area contributed by atoms with E-state index in [4.69, 9.17) is 4.42 Å². The van der Waals surface area contributed by atoms with Crippen molar-refractivity contribution >= 4 is 16.9 Å². The minimum atomic E-state index is 0.0269. The first-order valence-electron chi connectivity index (χ1n) is 7.22. The molecule has 0 saturated carbocycles. The zero-order valence-corrected chi connectivity index (χ0v) is 11.5. The number of furan rings is 1. The highest BCUT2D eigenvalue weighted by atomic mass is 16.3. The fourth-order valence-corrected chi connectivity index (χ4v) is 3.78. The Morgan fingerprint density at radius 1 is 1.35 bits per heavy atom. The van der Waals surface area contributed by atoms with Gasteiger partial charge in [-0.2, -0.15) is 0 Å². The van der Waals surface area contributed by atoms with Crippen molar-refractivity contribution in [3.8, 4) is 0 Å².